The van der Waals surface area contributed by atoms with Crippen molar-refractivity contribution in [2.45, 2.75) is 47.0 Å². The van der Waals surface area contributed by atoms with Crippen LogP contribution in [0.25, 0.3) is 0 Å². The van der Waals surface area contributed by atoms with Crippen LogP contribution in [0, 0.1) is 27.9 Å². The fourth-order valence-corrected chi connectivity index (χ4v) is 2.68. The molecule has 19 heavy (non-hydrogen) atoms. The van der Waals surface area contributed by atoms with Crippen molar-refractivity contribution in [3.8, 4) is 0 Å². The summed E-state index contributed by atoms with van der Waals surface area (Å²) in [5.41, 5.74) is 1.38. The van der Waals surface area contributed by atoms with Gasteiger partial charge in [0.25, 0.3) is 5.69 Å². The zero-order valence-corrected chi connectivity index (χ0v) is 12.4. The highest BCUT2D eigenvalue weighted by Crippen LogP contribution is 2.25. The van der Waals surface area contributed by atoms with Crippen LogP contribution >= 0.6 is 0 Å². The van der Waals surface area contributed by atoms with Gasteiger partial charge in [-0.15, -0.1) is 0 Å². The number of benzene rings is 1. The summed E-state index contributed by atoms with van der Waals surface area (Å²) < 4.78 is 0. The molecule has 0 unspecified atom stereocenters. The Morgan fingerprint density at radius 1 is 1.00 bits per heavy atom. The normalized spacial score (nSPS) is 11.5. The molecule has 1 aromatic carbocycles. The minimum absolute atomic E-state index is 0.174. The predicted octanol–water partition coefficient (Wildman–Crippen LogP) is 4.85. The molecule has 3 nitrogen and oxygen atoms in total. The Hall–Kier alpha value is -1.38. The molecular formula is C16H25NO2. The molecule has 0 aliphatic carbocycles. The molecule has 0 aliphatic heterocycles. The summed E-state index contributed by atoms with van der Waals surface area (Å²) in [6, 6.07) is 7.01. The minimum atomic E-state index is -0.344. The summed E-state index contributed by atoms with van der Waals surface area (Å²) in [5.74, 6) is 2.06. The maximum atomic E-state index is 10.6. The number of nitrogens with zero attached hydrogens (tertiary/aromatic N) is 1. The van der Waals surface area contributed by atoms with Gasteiger partial charge in [-0.1, -0.05) is 39.8 Å². The van der Waals surface area contributed by atoms with Gasteiger partial charge < -0.3 is 0 Å². The van der Waals surface area contributed by atoms with Crippen molar-refractivity contribution in [2.75, 3.05) is 0 Å². The third-order valence-corrected chi connectivity index (χ3v) is 3.28. The summed E-state index contributed by atoms with van der Waals surface area (Å²) in [6.07, 6.45) is 3.46. The van der Waals surface area contributed by atoms with Crippen LogP contribution < -0.4 is 0 Å². The molecule has 0 radical (unpaired) electrons. The Morgan fingerprint density at radius 3 is 1.84 bits per heavy atom. The second-order valence-corrected chi connectivity index (χ2v) is 6.25. The molecule has 0 heterocycles. The average molecular weight is 263 g/mol. The monoisotopic (exact) mass is 263 g/mol. The van der Waals surface area contributed by atoms with Gasteiger partial charge >= 0.3 is 0 Å². The highest BCUT2D eigenvalue weighted by atomic mass is 16.6. The van der Waals surface area contributed by atoms with Gasteiger partial charge in [0.15, 0.2) is 0 Å². The van der Waals surface area contributed by atoms with Crippen molar-refractivity contribution in [3.63, 3.8) is 0 Å². The molecule has 0 saturated heterocycles. The highest BCUT2D eigenvalue weighted by molar-refractivity contribution is 5.33. The van der Waals surface area contributed by atoms with E-state index in [1.807, 2.05) is 12.1 Å². The summed E-state index contributed by atoms with van der Waals surface area (Å²) in [6.45, 7) is 9.01. The SMILES string of the molecule is CC(C)CC(Cc1ccc([N+](=O)[O-])cc1)CC(C)C. The number of rotatable bonds is 7. The molecule has 0 fully saturated rings. The van der Waals surface area contributed by atoms with Crippen LogP contribution in [-0.2, 0) is 6.42 Å². The van der Waals surface area contributed by atoms with Gasteiger partial charge in [0, 0.05) is 12.1 Å². The molecule has 3 heteroatoms. The molecule has 0 aromatic heterocycles. The minimum Gasteiger partial charge on any atom is -0.258 e. The van der Waals surface area contributed by atoms with E-state index in [-0.39, 0.29) is 10.6 Å². The third kappa shape index (κ3) is 5.86. The lowest BCUT2D eigenvalue weighted by atomic mass is 9.85. The lowest BCUT2D eigenvalue weighted by Gasteiger charge is -2.21. The molecule has 0 atom stereocenters. The number of non-ortho nitro benzene ring substituents is 1. The van der Waals surface area contributed by atoms with Crippen LogP contribution in [0.1, 0.15) is 46.1 Å². The molecule has 0 bridgehead atoms. The number of hydrogen-bond donors (Lipinski definition) is 0. The van der Waals surface area contributed by atoms with E-state index >= 15 is 0 Å². The summed E-state index contributed by atoms with van der Waals surface area (Å²) in [7, 11) is 0. The van der Waals surface area contributed by atoms with Gasteiger partial charge in [0.1, 0.15) is 0 Å². The van der Waals surface area contributed by atoms with Crippen LogP contribution in [0.15, 0.2) is 24.3 Å². The van der Waals surface area contributed by atoms with Crippen LogP contribution in [0.4, 0.5) is 5.69 Å². The summed E-state index contributed by atoms with van der Waals surface area (Å²) >= 11 is 0. The van der Waals surface area contributed by atoms with Crippen molar-refractivity contribution in [1.82, 2.24) is 0 Å². The largest absolute Gasteiger partial charge is 0.269 e. The Balaban J connectivity index is 2.69. The molecule has 106 valence electrons. The predicted molar refractivity (Wildman–Crippen MR) is 79.2 cm³/mol. The fraction of sp³-hybridized carbons (Fsp3) is 0.625. The van der Waals surface area contributed by atoms with E-state index in [9.17, 15) is 10.1 Å². The molecular weight excluding hydrogens is 238 g/mol. The number of hydrogen-bond acceptors (Lipinski definition) is 2. The van der Waals surface area contributed by atoms with Crippen molar-refractivity contribution >= 4 is 5.69 Å². The van der Waals surface area contributed by atoms with Crippen molar-refractivity contribution in [1.29, 1.82) is 0 Å². The molecule has 0 saturated carbocycles. The van der Waals surface area contributed by atoms with E-state index in [0.717, 1.165) is 6.42 Å². The van der Waals surface area contributed by atoms with E-state index < -0.39 is 0 Å². The van der Waals surface area contributed by atoms with Gasteiger partial charge in [0.05, 0.1) is 4.92 Å². The molecule has 0 aliphatic rings. The first kappa shape index (κ1) is 15.7. The quantitative estimate of drug-likeness (QED) is 0.521. The van der Waals surface area contributed by atoms with Crippen LogP contribution in [0.2, 0.25) is 0 Å². The lowest BCUT2D eigenvalue weighted by molar-refractivity contribution is -0.384. The molecule has 0 amide bonds. The lowest BCUT2D eigenvalue weighted by Crippen LogP contribution is -2.11. The van der Waals surface area contributed by atoms with Crippen LogP contribution in [0.5, 0.6) is 0 Å². The first-order valence-corrected chi connectivity index (χ1v) is 7.11. The Morgan fingerprint density at radius 2 is 1.47 bits per heavy atom. The fourth-order valence-electron chi connectivity index (χ4n) is 2.68. The van der Waals surface area contributed by atoms with E-state index in [1.165, 1.54) is 18.4 Å². The topological polar surface area (TPSA) is 43.1 Å². The van der Waals surface area contributed by atoms with Crippen LogP contribution in [-0.4, -0.2) is 4.92 Å². The van der Waals surface area contributed by atoms with E-state index in [4.69, 9.17) is 0 Å². The number of nitro groups is 1. The molecule has 1 aromatic rings. The van der Waals surface area contributed by atoms with Gasteiger partial charge in [-0.2, -0.15) is 0 Å². The highest BCUT2D eigenvalue weighted by Gasteiger charge is 2.14. The van der Waals surface area contributed by atoms with Gasteiger partial charge in [-0.25, -0.2) is 0 Å². The van der Waals surface area contributed by atoms with Gasteiger partial charge in [-0.3, -0.25) is 10.1 Å². The Kier molecular flexibility index (Phi) is 6.00. The van der Waals surface area contributed by atoms with Crippen LogP contribution in [0.3, 0.4) is 0 Å². The zero-order chi connectivity index (χ0) is 14.4. The third-order valence-electron chi connectivity index (χ3n) is 3.28. The first-order chi connectivity index (χ1) is 8.88. The maximum absolute atomic E-state index is 10.6. The average Bonchev–Trinajstić information content (AvgIpc) is 2.27. The smallest absolute Gasteiger partial charge is 0.258 e. The second kappa shape index (κ2) is 7.27. The molecule has 0 N–H and O–H groups in total. The Labute approximate surface area is 116 Å². The summed E-state index contributed by atoms with van der Waals surface area (Å²) in [5, 5.41) is 10.6. The van der Waals surface area contributed by atoms with Gasteiger partial charge in [0.2, 0.25) is 0 Å². The molecule has 1 rings (SSSR count). The second-order valence-electron chi connectivity index (χ2n) is 6.25. The van der Waals surface area contributed by atoms with E-state index in [0.29, 0.717) is 17.8 Å². The van der Waals surface area contributed by atoms with Crippen molar-refractivity contribution in [2.24, 2.45) is 17.8 Å². The number of nitro benzene ring substituents is 1. The maximum Gasteiger partial charge on any atom is 0.269 e. The first-order valence-electron chi connectivity index (χ1n) is 7.11. The zero-order valence-electron chi connectivity index (χ0n) is 12.4. The summed E-state index contributed by atoms with van der Waals surface area (Å²) in [4.78, 5) is 10.3. The van der Waals surface area contributed by atoms with E-state index in [1.54, 1.807) is 12.1 Å². The van der Waals surface area contributed by atoms with Gasteiger partial charge in [-0.05, 0) is 42.6 Å². The molecule has 0 spiro atoms. The van der Waals surface area contributed by atoms with Crippen molar-refractivity contribution in [3.05, 3.63) is 39.9 Å². The standard InChI is InChI=1S/C16H25NO2/c1-12(2)9-15(10-13(3)4)11-14-5-7-16(8-6-14)17(18)19/h5-8,12-13,15H,9-11H2,1-4H3. The van der Waals surface area contributed by atoms with Crippen molar-refractivity contribution < 1.29 is 4.92 Å². The van der Waals surface area contributed by atoms with E-state index in [2.05, 4.69) is 27.7 Å². The Bertz CT molecular complexity index is 386.